The van der Waals surface area contributed by atoms with Crippen molar-refractivity contribution in [2.75, 3.05) is 26.7 Å². The van der Waals surface area contributed by atoms with Gasteiger partial charge in [-0.3, -0.25) is 4.79 Å². The summed E-state index contributed by atoms with van der Waals surface area (Å²) >= 11 is 0. The quantitative estimate of drug-likeness (QED) is 0.836. The molecule has 2 heterocycles. The maximum Gasteiger partial charge on any atom is 0.226 e. The second-order valence-electron chi connectivity index (χ2n) is 6.94. The minimum Gasteiger partial charge on any atom is -0.342 e. The van der Waals surface area contributed by atoms with Crippen LogP contribution < -0.4 is 0 Å². The van der Waals surface area contributed by atoms with Gasteiger partial charge in [0, 0.05) is 24.7 Å². The molecule has 0 N–H and O–H groups in total. The Morgan fingerprint density at radius 1 is 1.04 bits per heavy atom. The van der Waals surface area contributed by atoms with Gasteiger partial charge in [0.25, 0.3) is 0 Å². The smallest absolute Gasteiger partial charge is 0.226 e. The fraction of sp³-hybridized carbons (Fsp3) is 0.611. The van der Waals surface area contributed by atoms with E-state index in [2.05, 4.69) is 11.9 Å². The van der Waals surface area contributed by atoms with Crippen molar-refractivity contribution in [3.05, 3.63) is 35.4 Å². The lowest BCUT2D eigenvalue weighted by atomic mass is 9.88. The summed E-state index contributed by atoms with van der Waals surface area (Å²) in [6.07, 6.45) is 5.62. The number of amides is 1. The summed E-state index contributed by atoms with van der Waals surface area (Å²) in [4.78, 5) is 16.8. The van der Waals surface area contributed by atoms with E-state index in [1.165, 1.54) is 25.0 Å². The van der Waals surface area contributed by atoms with Crippen molar-refractivity contribution in [2.24, 2.45) is 0 Å². The SMILES string of the molecule is CN1CCCC12CCCN(C(=O)Cc1cc(F)cc(F)c1)CC2. The van der Waals surface area contributed by atoms with Gasteiger partial charge in [0.05, 0.1) is 6.42 Å². The first-order valence-electron chi connectivity index (χ1n) is 8.43. The molecule has 2 fully saturated rings. The van der Waals surface area contributed by atoms with Gasteiger partial charge in [-0.1, -0.05) is 0 Å². The zero-order valence-corrected chi connectivity index (χ0v) is 13.7. The van der Waals surface area contributed by atoms with Gasteiger partial charge in [-0.25, -0.2) is 8.78 Å². The number of halogens is 2. The number of hydrogen-bond acceptors (Lipinski definition) is 2. The van der Waals surface area contributed by atoms with Crippen molar-refractivity contribution in [3.8, 4) is 0 Å². The molecule has 2 aliphatic rings. The second kappa shape index (κ2) is 6.56. The topological polar surface area (TPSA) is 23.6 Å². The van der Waals surface area contributed by atoms with Gasteiger partial charge in [0.1, 0.15) is 11.6 Å². The van der Waals surface area contributed by atoms with E-state index in [1.54, 1.807) is 0 Å². The van der Waals surface area contributed by atoms with E-state index >= 15 is 0 Å². The molecule has 1 spiro atoms. The lowest BCUT2D eigenvalue weighted by Crippen LogP contribution is -2.42. The first-order chi connectivity index (χ1) is 11.0. The van der Waals surface area contributed by atoms with E-state index in [0.717, 1.165) is 45.0 Å². The predicted molar refractivity (Wildman–Crippen MR) is 85.1 cm³/mol. The number of benzene rings is 1. The van der Waals surface area contributed by atoms with Crippen LogP contribution in [0.2, 0.25) is 0 Å². The highest BCUT2D eigenvalue weighted by atomic mass is 19.1. The van der Waals surface area contributed by atoms with Crippen LogP contribution in [0.5, 0.6) is 0 Å². The number of rotatable bonds is 2. The monoisotopic (exact) mass is 322 g/mol. The summed E-state index contributed by atoms with van der Waals surface area (Å²) in [5.41, 5.74) is 0.657. The van der Waals surface area contributed by atoms with Gasteiger partial charge >= 0.3 is 0 Å². The van der Waals surface area contributed by atoms with Gasteiger partial charge in [-0.05, 0) is 63.4 Å². The summed E-state index contributed by atoms with van der Waals surface area (Å²) in [5, 5.41) is 0. The Hall–Kier alpha value is -1.49. The van der Waals surface area contributed by atoms with Crippen molar-refractivity contribution in [2.45, 2.75) is 44.1 Å². The molecule has 0 aliphatic carbocycles. The molecule has 126 valence electrons. The molecular weight excluding hydrogens is 298 g/mol. The van der Waals surface area contributed by atoms with E-state index in [0.29, 0.717) is 5.56 Å². The van der Waals surface area contributed by atoms with Gasteiger partial charge in [0.2, 0.25) is 5.91 Å². The van der Waals surface area contributed by atoms with Crippen molar-refractivity contribution in [1.82, 2.24) is 9.80 Å². The molecule has 5 heteroatoms. The molecule has 3 nitrogen and oxygen atoms in total. The third kappa shape index (κ3) is 3.55. The van der Waals surface area contributed by atoms with Crippen LogP contribution in [0, 0.1) is 11.6 Å². The van der Waals surface area contributed by atoms with E-state index < -0.39 is 11.6 Å². The molecule has 1 aromatic carbocycles. The van der Waals surface area contributed by atoms with E-state index in [9.17, 15) is 13.6 Å². The molecule has 1 atom stereocenters. The highest BCUT2D eigenvalue weighted by molar-refractivity contribution is 5.78. The van der Waals surface area contributed by atoms with Crippen molar-refractivity contribution < 1.29 is 13.6 Å². The van der Waals surface area contributed by atoms with E-state index in [1.807, 2.05) is 4.90 Å². The Balaban J connectivity index is 1.64. The van der Waals surface area contributed by atoms with Crippen LogP contribution in [0.4, 0.5) is 8.78 Å². The Kier molecular flexibility index (Phi) is 4.67. The second-order valence-corrected chi connectivity index (χ2v) is 6.94. The lowest BCUT2D eigenvalue weighted by molar-refractivity contribution is -0.130. The Morgan fingerprint density at radius 2 is 1.70 bits per heavy atom. The number of carbonyl (C=O) groups is 1. The average Bonchev–Trinajstić information content (AvgIpc) is 2.69. The third-order valence-corrected chi connectivity index (χ3v) is 5.49. The number of likely N-dealkylation sites (tertiary alicyclic amines) is 2. The van der Waals surface area contributed by atoms with Gasteiger partial charge < -0.3 is 9.80 Å². The molecule has 0 aromatic heterocycles. The molecule has 3 rings (SSSR count). The van der Waals surface area contributed by atoms with Gasteiger partial charge in [-0.2, -0.15) is 0 Å². The van der Waals surface area contributed by atoms with Crippen molar-refractivity contribution in [1.29, 1.82) is 0 Å². The summed E-state index contributed by atoms with van der Waals surface area (Å²) in [7, 11) is 2.18. The fourth-order valence-corrected chi connectivity index (χ4v) is 4.13. The van der Waals surface area contributed by atoms with Crippen LogP contribution in [0.25, 0.3) is 0 Å². The highest BCUT2D eigenvalue weighted by Crippen LogP contribution is 2.37. The molecule has 23 heavy (non-hydrogen) atoms. The van der Waals surface area contributed by atoms with Crippen LogP contribution in [-0.4, -0.2) is 47.9 Å². The Bertz CT molecular complexity index is 572. The van der Waals surface area contributed by atoms with Gasteiger partial charge in [-0.15, -0.1) is 0 Å². The molecular formula is C18H24F2N2O. The van der Waals surface area contributed by atoms with Crippen LogP contribution in [0.15, 0.2) is 18.2 Å². The lowest BCUT2D eigenvalue weighted by Gasteiger charge is -2.35. The zero-order valence-electron chi connectivity index (χ0n) is 13.7. The first-order valence-corrected chi connectivity index (χ1v) is 8.43. The van der Waals surface area contributed by atoms with E-state index in [-0.39, 0.29) is 17.9 Å². The standard InChI is InChI=1S/C18H24F2N2O/c1-21-7-2-4-18(21)5-3-8-22(9-6-18)17(23)12-14-10-15(19)13-16(20)11-14/h10-11,13H,2-9,12H2,1H3. The predicted octanol–water partition coefficient (Wildman–Crippen LogP) is 2.98. The molecule has 1 aromatic rings. The maximum atomic E-state index is 13.3. The third-order valence-electron chi connectivity index (χ3n) is 5.49. The minimum absolute atomic E-state index is 0.0345. The number of nitrogens with zero attached hydrogens (tertiary/aromatic N) is 2. The molecule has 0 bridgehead atoms. The van der Waals surface area contributed by atoms with Crippen LogP contribution in [0.1, 0.15) is 37.7 Å². The van der Waals surface area contributed by atoms with E-state index in [4.69, 9.17) is 0 Å². The largest absolute Gasteiger partial charge is 0.342 e. The van der Waals surface area contributed by atoms with Crippen LogP contribution in [-0.2, 0) is 11.2 Å². The Labute approximate surface area is 136 Å². The molecule has 0 saturated carbocycles. The van der Waals surface area contributed by atoms with Crippen LogP contribution >= 0.6 is 0 Å². The molecule has 0 radical (unpaired) electrons. The van der Waals surface area contributed by atoms with Crippen LogP contribution in [0.3, 0.4) is 0 Å². The summed E-state index contributed by atoms with van der Waals surface area (Å²) in [5.74, 6) is -1.29. The summed E-state index contributed by atoms with van der Waals surface area (Å²) < 4.78 is 26.5. The van der Waals surface area contributed by atoms with Crippen molar-refractivity contribution >= 4 is 5.91 Å². The molecule has 1 amide bonds. The summed E-state index contributed by atoms with van der Waals surface area (Å²) in [6.45, 7) is 2.61. The maximum absolute atomic E-state index is 13.3. The van der Waals surface area contributed by atoms with Gasteiger partial charge in [0.15, 0.2) is 0 Å². The molecule has 2 aliphatic heterocycles. The minimum atomic E-state index is -0.629. The van der Waals surface area contributed by atoms with Crippen molar-refractivity contribution in [3.63, 3.8) is 0 Å². The first kappa shape index (κ1) is 16.4. The fourth-order valence-electron chi connectivity index (χ4n) is 4.13. The molecule has 1 unspecified atom stereocenters. The zero-order chi connectivity index (χ0) is 16.4. The summed E-state index contributed by atoms with van der Waals surface area (Å²) in [6, 6.07) is 3.32. The molecule has 2 saturated heterocycles. The number of carbonyl (C=O) groups excluding carboxylic acids is 1. The Morgan fingerprint density at radius 3 is 2.30 bits per heavy atom. The average molecular weight is 322 g/mol. The number of hydrogen-bond donors (Lipinski definition) is 0. The normalized spacial score (nSPS) is 25.8. The highest BCUT2D eigenvalue weighted by Gasteiger charge is 2.39.